The molecule has 1 aliphatic rings. The van der Waals surface area contributed by atoms with E-state index in [-0.39, 0.29) is 0 Å². The fraction of sp³-hybridized carbons (Fsp3) is 0.250. The second-order valence-corrected chi connectivity index (χ2v) is 6.97. The first-order valence-corrected chi connectivity index (χ1v) is 8.23. The zero-order valence-electron chi connectivity index (χ0n) is 11.0. The maximum absolute atomic E-state index is 12.4. The molecule has 0 aliphatic carbocycles. The monoisotopic (exact) mass is 288 g/mol. The minimum Gasteiger partial charge on any atom is -0.362 e. The summed E-state index contributed by atoms with van der Waals surface area (Å²) < 4.78 is 30.0. The smallest absolute Gasteiger partial charge is 0.205 e. The molecule has 0 N–H and O–H groups in total. The fourth-order valence-corrected chi connectivity index (χ4v) is 3.98. The summed E-state index contributed by atoms with van der Waals surface area (Å²) >= 11 is 0. The van der Waals surface area contributed by atoms with Crippen molar-refractivity contribution in [1.29, 1.82) is 0 Å². The molecule has 0 saturated carbocycles. The molecule has 1 fully saturated rings. The summed E-state index contributed by atoms with van der Waals surface area (Å²) in [5.74, 6) is 0. The third-order valence-electron chi connectivity index (χ3n) is 3.52. The molecular formula is C16H16O3S. The zero-order chi connectivity index (χ0) is 14.0. The SMILES string of the molecule is O=S(=O)(c1ccc(-c2ccccc2)cc1)C1CCCO1. The average molecular weight is 288 g/mol. The van der Waals surface area contributed by atoms with Crippen LogP contribution in [0.4, 0.5) is 0 Å². The van der Waals surface area contributed by atoms with Crippen molar-refractivity contribution in [2.24, 2.45) is 0 Å². The molecule has 0 bridgehead atoms. The van der Waals surface area contributed by atoms with Crippen molar-refractivity contribution in [3.8, 4) is 11.1 Å². The first-order chi connectivity index (χ1) is 9.68. The van der Waals surface area contributed by atoms with Crippen molar-refractivity contribution in [2.75, 3.05) is 6.61 Å². The van der Waals surface area contributed by atoms with Crippen LogP contribution in [0.5, 0.6) is 0 Å². The predicted octanol–water partition coefficient (Wildman–Crippen LogP) is 3.26. The minimum absolute atomic E-state index is 0.337. The Morgan fingerprint density at radius 1 is 0.900 bits per heavy atom. The van der Waals surface area contributed by atoms with Gasteiger partial charge < -0.3 is 4.74 Å². The third kappa shape index (κ3) is 2.49. The van der Waals surface area contributed by atoms with E-state index in [9.17, 15) is 8.42 Å². The molecule has 0 spiro atoms. The topological polar surface area (TPSA) is 43.4 Å². The van der Waals surface area contributed by atoms with Gasteiger partial charge in [-0.2, -0.15) is 0 Å². The van der Waals surface area contributed by atoms with Crippen LogP contribution in [-0.4, -0.2) is 20.5 Å². The lowest BCUT2D eigenvalue weighted by atomic mass is 10.1. The molecule has 2 aromatic carbocycles. The molecule has 20 heavy (non-hydrogen) atoms. The molecule has 2 aromatic rings. The average Bonchev–Trinajstić information content (AvgIpc) is 3.03. The lowest BCUT2D eigenvalue weighted by Crippen LogP contribution is -2.19. The molecule has 4 heteroatoms. The Morgan fingerprint density at radius 2 is 1.55 bits per heavy atom. The van der Waals surface area contributed by atoms with Crippen LogP contribution in [0.3, 0.4) is 0 Å². The molecule has 1 heterocycles. The Bertz CT molecular complexity index is 669. The molecule has 1 saturated heterocycles. The normalized spacial score (nSPS) is 19.1. The van der Waals surface area contributed by atoms with Gasteiger partial charge in [0, 0.05) is 6.61 Å². The van der Waals surface area contributed by atoms with Gasteiger partial charge in [0.25, 0.3) is 0 Å². The van der Waals surface area contributed by atoms with Crippen LogP contribution in [0.15, 0.2) is 59.5 Å². The molecular weight excluding hydrogens is 272 g/mol. The van der Waals surface area contributed by atoms with Crippen molar-refractivity contribution < 1.29 is 13.2 Å². The summed E-state index contributed by atoms with van der Waals surface area (Å²) in [6.07, 6.45) is 1.40. The highest BCUT2D eigenvalue weighted by molar-refractivity contribution is 7.92. The Kier molecular flexibility index (Phi) is 3.59. The number of ether oxygens (including phenoxy) is 1. The van der Waals surface area contributed by atoms with E-state index in [1.165, 1.54) is 0 Å². The van der Waals surface area contributed by atoms with Crippen LogP contribution in [0, 0.1) is 0 Å². The van der Waals surface area contributed by atoms with E-state index in [1.54, 1.807) is 12.1 Å². The van der Waals surface area contributed by atoms with Gasteiger partial charge in [0.05, 0.1) is 4.90 Å². The summed E-state index contributed by atoms with van der Waals surface area (Å²) in [7, 11) is -3.36. The number of hydrogen-bond acceptors (Lipinski definition) is 3. The molecule has 3 rings (SSSR count). The number of hydrogen-bond donors (Lipinski definition) is 0. The van der Waals surface area contributed by atoms with E-state index >= 15 is 0 Å². The highest BCUT2D eigenvalue weighted by atomic mass is 32.2. The molecule has 1 aliphatic heterocycles. The largest absolute Gasteiger partial charge is 0.362 e. The highest BCUT2D eigenvalue weighted by Crippen LogP contribution is 2.27. The van der Waals surface area contributed by atoms with Crippen molar-refractivity contribution in [2.45, 2.75) is 23.2 Å². The second-order valence-electron chi connectivity index (χ2n) is 4.88. The summed E-state index contributed by atoms with van der Waals surface area (Å²) in [5.41, 5.74) is 1.41. The Balaban J connectivity index is 1.90. The number of sulfone groups is 1. The summed E-state index contributed by atoms with van der Waals surface area (Å²) in [6, 6.07) is 16.9. The lowest BCUT2D eigenvalue weighted by molar-refractivity contribution is 0.165. The van der Waals surface area contributed by atoms with Crippen LogP contribution in [0.25, 0.3) is 11.1 Å². The second kappa shape index (κ2) is 5.38. The van der Waals surface area contributed by atoms with Gasteiger partial charge >= 0.3 is 0 Å². The van der Waals surface area contributed by atoms with Crippen molar-refractivity contribution in [1.82, 2.24) is 0 Å². The summed E-state index contributed by atoms with van der Waals surface area (Å²) in [4.78, 5) is 0.337. The van der Waals surface area contributed by atoms with Crippen molar-refractivity contribution in [3.63, 3.8) is 0 Å². The van der Waals surface area contributed by atoms with E-state index in [0.29, 0.717) is 17.9 Å². The summed E-state index contributed by atoms with van der Waals surface area (Å²) in [6.45, 7) is 0.534. The molecule has 1 atom stereocenters. The lowest BCUT2D eigenvalue weighted by Gasteiger charge is -2.11. The van der Waals surface area contributed by atoms with E-state index in [0.717, 1.165) is 17.5 Å². The van der Waals surface area contributed by atoms with Crippen LogP contribution in [-0.2, 0) is 14.6 Å². The first-order valence-electron chi connectivity index (χ1n) is 6.69. The molecule has 104 valence electrons. The fourth-order valence-electron chi connectivity index (χ4n) is 2.41. The minimum atomic E-state index is -3.36. The molecule has 1 unspecified atom stereocenters. The van der Waals surface area contributed by atoms with Gasteiger partial charge in [-0.1, -0.05) is 42.5 Å². The third-order valence-corrected chi connectivity index (χ3v) is 5.52. The van der Waals surface area contributed by atoms with Crippen LogP contribution in [0.2, 0.25) is 0 Å². The van der Waals surface area contributed by atoms with Gasteiger partial charge in [0.1, 0.15) is 0 Å². The van der Waals surface area contributed by atoms with Gasteiger partial charge in [-0.25, -0.2) is 8.42 Å². The molecule has 0 aromatic heterocycles. The Morgan fingerprint density at radius 3 is 2.15 bits per heavy atom. The summed E-state index contributed by atoms with van der Waals surface area (Å²) in [5, 5.41) is 0. The Hall–Kier alpha value is -1.65. The molecule has 0 radical (unpaired) electrons. The molecule has 3 nitrogen and oxygen atoms in total. The van der Waals surface area contributed by atoms with E-state index in [2.05, 4.69) is 0 Å². The van der Waals surface area contributed by atoms with Gasteiger partial charge in [-0.05, 0) is 36.1 Å². The number of benzene rings is 2. The highest BCUT2D eigenvalue weighted by Gasteiger charge is 2.31. The van der Waals surface area contributed by atoms with Crippen LogP contribution >= 0.6 is 0 Å². The van der Waals surface area contributed by atoms with Crippen LogP contribution in [0.1, 0.15) is 12.8 Å². The van der Waals surface area contributed by atoms with Crippen LogP contribution < -0.4 is 0 Å². The standard InChI is InChI=1S/C16H16O3S/c17-20(18,16-7-4-12-19-16)15-10-8-14(9-11-15)13-5-2-1-3-6-13/h1-3,5-6,8-11,16H,4,7,12H2. The van der Waals surface area contributed by atoms with Gasteiger partial charge in [0.15, 0.2) is 5.44 Å². The van der Waals surface area contributed by atoms with E-state index in [4.69, 9.17) is 4.74 Å². The van der Waals surface area contributed by atoms with Crippen molar-refractivity contribution >= 4 is 9.84 Å². The maximum atomic E-state index is 12.4. The van der Waals surface area contributed by atoms with Gasteiger partial charge in [-0.3, -0.25) is 0 Å². The van der Waals surface area contributed by atoms with E-state index < -0.39 is 15.3 Å². The predicted molar refractivity (Wildman–Crippen MR) is 78.0 cm³/mol. The zero-order valence-corrected chi connectivity index (χ0v) is 11.8. The molecule has 0 amide bonds. The quantitative estimate of drug-likeness (QED) is 0.870. The number of rotatable bonds is 3. The van der Waals surface area contributed by atoms with Crippen molar-refractivity contribution in [3.05, 3.63) is 54.6 Å². The maximum Gasteiger partial charge on any atom is 0.205 e. The van der Waals surface area contributed by atoms with Gasteiger partial charge in [0.2, 0.25) is 9.84 Å². The van der Waals surface area contributed by atoms with E-state index in [1.807, 2.05) is 42.5 Å². The Labute approximate surface area is 119 Å². The first kappa shape index (κ1) is 13.3. The van der Waals surface area contributed by atoms with Gasteiger partial charge in [-0.15, -0.1) is 0 Å².